The molecule has 0 aromatic rings. The fourth-order valence-corrected chi connectivity index (χ4v) is 2.74. The number of halogens is 13. The van der Waals surface area contributed by atoms with Gasteiger partial charge in [0.05, 0.1) is 6.61 Å². The van der Waals surface area contributed by atoms with Crippen LogP contribution in [0.3, 0.4) is 0 Å². The third-order valence-electron chi connectivity index (χ3n) is 3.48. The van der Waals surface area contributed by atoms with Gasteiger partial charge in [-0.3, -0.25) is 4.31 Å². The molecule has 0 aliphatic heterocycles. The molecule has 19 heteroatoms. The van der Waals surface area contributed by atoms with E-state index in [1.807, 2.05) is 0 Å². The van der Waals surface area contributed by atoms with E-state index in [0.29, 0.717) is 0 Å². The predicted molar refractivity (Wildman–Crippen MR) is 73.2 cm³/mol. The van der Waals surface area contributed by atoms with Gasteiger partial charge in [0, 0.05) is 7.05 Å². The first-order valence-corrected chi connectivity index (χ1v) is 8.55. The number of carbonyl (C=O) groups is 1. The maximum Gasteiger partial charge on any atom is 0.460 e. The van der Waals surface area contributed by atoms with E-state index in [9.17, 15) is 70.3 Å². The van der Waals surface area contributed by atoms with Crippen LogP contribution in [0.4, 0.5) is 57.1 Å². The lowest BCUT2D eigenvalue weighted by molar-refractivity contribution is -0.433. The Kier molecular flexibility index (Phi) is 7.38. The summed E-state index contributed by atoms with van der Waals surface area (Å²) in [5.74, 6) is -34.6. The third kappa shape index (κ3) is 3.99. The number of rotatable bonds is 9. The van der Waals surface area contributed by atoms with E-state index in [0.717, 1.165) is 6.92 Å². The summed E-state index contributed by atoms with van der Waals surface area (Å²) in [5, 5.41) is -7.47. The van der Waals surface area contributed by atoms with Crippen LogP contribution in [-0.2, 0) is 19.6 Å². The molecule has 0 atom stereocenters. The summed E-state index contributed by atoms with van der Waals surface area (Å²) in [6, 6.07) is 0. The maximum atomic E-state index is 13.8. The van der Waals surface area contributed by atoms with Crippen LogP contribution in [0.15, 0.2) is 12.3 Å². The van der Waals surface area contributed by atoms with Gasteiger partial charge >= 0.3 is 51.1 Å². The van der Waals surface area contributed by atoms with Crippen molar-refractivity contribution in [3.8, 4) is 0 Å². The van der Waals surface area contributed by atoms with Gasteiger partial charge in [0.25, 0.3) is 0 Å². The number of carbonyl (C=O) groups excluding carboxylic acids is 1. The fraction of sp³-hybridized carbons (Fsp3) is 0.750. The molecule has 0 rings (SSSR count). The molecule has 31 heavy (non-hydrogen) atoms. The van der Waals surface area contributed by atoms with Crippen LogP contribution in [0.25, 0.3) is 0 Å². The van der Waals surface area contributed by atoms with Gasteiger partial charge < -0.3 is 4.74 Å². The van der Waals surface area contributed by atoms with E-state index in [-0.39, 0.29) is 7.05 Å². The molecule has 0 amide bonds. The number of alkyl halides is 13. The molecule has 0 aromatic heterocycles. The highest BCUT2D eigenvalue weighted by Crippen LogP contribution is 2.61. The predicted octanol–water partition coefficient (Wildman–Crippen LogP) is 4.02. The van der Waals surface area contributed by atoms with E-state index in [1.54, 1.807) is 0 Å². The third-order valence-corrected chi connectivity index (χ3v) is 5.33. The molecule has 0 saturated carbocycles. The van der Waals surface area contributed by atoms with Gasteiger partial charge in [-0.25, -0.2) is 4.79 Å². The summed E-state index contributed by atoms with van der Waals surface area (Å²) in [6.07, 6.45) is -7.64. The monoisotopic (exact) mass is 511 g/mol. The SMILES string of the molecule is C=C(C(=O)OCC)N(C)S(=O)(=O)C(F)(F)C(F)(F)C(F)(F)C(F)(F)C(F)(F)C(F)(F)F. The van der Waals surface area contributed by atoms with Gasteiger partial charge in [-0.1, -0.05) is 6.58 Å². The van der Waals surface area contributed by atoms with Crippen LogP contribution in [-0.4, -0.2) is 67.5 Å². The molecule has 0 unspecified atom stereocenters. The number of esters is 1. The molecule has 0 fully saturated rings. The van der Waals surface area contributed by atoms with Crippen LogP contribution >= 0.6 is 0 Å². The smallest absolute Gasteiger partial charge is 0.460 e. The first kappa shape index (κ1) is 29.1. The first-order valence-electron chi connectivity index (χ1n) is 7.11. The van der Waals surface area contributed by atoms with Crippen LogP contribution in [0.2, 0.25) is 0 Å². The second kappa shape index (κ2) is 7.88. The van der Waals surface area contributed by atoms with Gasteiger partial charge in [0.1, 0.15) is 5.70 Å². The molecule has 0 radical (unpaired) electrons. The van der Waals surface area contributed by atoms with E-state index in [1.165, 1.54) is 0 Å². The molecule has 0 bridgehead atoms. The molecule has 0 N–H and O–H groups in total. The minimum absolute atomic E-state index is 0.195. The summed E-state index contributed by atoms with van der Waals surface area (Å²) >= 11 is 0. The standard InChI is InChI=1S/C12H10F13NO4S/c1-4-30-6(27)5(2)26(3)31(28,29)12(24,25)10(19,20)8(15,16)7(13,14)9(17,18)11(21,22)23/h2,4H2,1,3H3. The summed E-state index contributed by atoms with van der Waals surface area (Å²) in [4.78, 5) is 11.3. The molecule has 0 aliphatic rings. The van der Waals surface area contributed by atoms with Gasteiger partial charge in [-0.2, -0.15) is 65.5 Å². The van der Waals surface area contributed by atoms with E-state index < -0.39 is 67.7 Å². The lowest BCUT2D eigenvalue weighted by Gasteiger charge is -2.40. The molecule has 184 valence electrons. The van der Waals surface area contributed by atoms with Crippen LogP contribution < -0.4 is 0 Å². The molecular weight excluding hydrogens is 501 g/mol. The Bertz CT molecular complexity index is 819. The Morgan fingerprint density at radius 3 is 1.48 bits per heavy atom. The lowest BCUT2D eigenvalue weighted by Crippen LogP contribution is -2.71. The highest BCUT2D eigenvalue weighted by molar-refractivity contribution is 7.90. The van der Waals surface area contributed by atoms with Crippen molar-refractivity contribution in [1.29, 1.82) is 0 Å². The molecule has 0 aliphatic carbocycles. The molecule has 5 nitrogen and oxygen atoms in total. The number of nitrogens with zero attached hydrogens (tertiary/aromatic N) is 1. The van der Waals surface area contributed by atoms with Crippen molar-refractivity contribution in [3.05, 3.63) is 12.3 Å². The van der Waals surface area contributed by atoms with Crippen molar-refractivity contribution in [1.82, 2.24) is 4.31 Å². The minimum Gasteiger partial charge on any atom is -0.461 e. The lowest BCUT2D eigenvalue weighted by atomic mass is 9.98. The highest BCUT2D eigenvalue weighted by atomic mass is 32.2. The van der Waals surface area contributed by atoms with Gasteiger partial charge in [0.2, 0.25) is 0 Å². The molecule has 0 heterocycles. The van der Waals surface area contributed by atoms with E-state index >= 15 is 0 Å². The maximum absolute atomic E-state index is 13.8. The molecular formula is C12H10F13NO4S. The summed E-state index contributed by atoms with van der Waals surface area (Å²) < 4.78 is 196. The summed E-state index contributed by atoms with van der Waals surface area (Å²) in [5.41, 5.74) is -1.76. The zero-order valence-electron chi connectivity index (χ0n) is 14.8. The Hall–Kier alpha value is -1.95. The number of hydrogen-bond acceptors (Lipinski definition) is 4. The Balaban J connectivity index is 6.64. The van der Waals surface area contributed by atoms with Gasteiger partial charge in [0.15, 0.2) is 0 Å². The Morgan fingerprint density at radius 2 is 1.16 bits per heavy atom. The fourth-order valence-electron chi connectivity index (χ4n) is 1.58. The van der Waals surface area contributed by atoms with E-state index in [2.05, 4.69) is 11.3 Å². The zero-order chi connectivity index (χ0) is 25.6. The molecule has 0 aromatic carbocycles. The first-order chi connectivity index (χ1) is 13.3. The van der Waals surface area contributed by atoms with Crippen LogP contribution in [0.1, 0.15) is 6.92 Å². The van der Waals surface area contributed by atoms with Crippen LogP contribution in [0, 0.1) is 0 Å². The largest absolute Gasteiger partial charge is 0.461 e. The average molecular weight is 511 g/mol. The van der Waals surface area contributed by atoms with Gasteiger partial charge in [-0.05, 0) is 6.92 Å². The Morgan fingerprint density at radius 1 is 0.806 bits per heavy atom. The summed E-state index contributed by atoms with van der Waals surface area (Å²) in [7, 11) is -7.57. The van der Waals surface area contributed by atoms with Crippen molar-refractivity contribution >= 4 is 16.0 Å². The number of sulfonamides is 1. The number of ether oxygens (including phenoxy) is 1. The second-order valence-electron chi connectivity index (χ2n) is 5.45. The minimum atomic E-state index is -8.30. The van der Waals surface area contributed by atoms with Crippen molar-refractivity contribution in [3.63, 3.8) is 0 Å². The van der Waals surface area contributed by atoms with Crippen molar-refractivity contribution in [2.75, 3.05) is 13.7 Å². The van der Waals surface area contributed by atoms with Crippen molar-refractivity contribution in [2.24, 2.45) is 0 Å². The molecule has 0 spiro atoms. The normalized spacial score (nSPS) is 14.9. The van der Waals surface area contributed by atoms with Crippen LogP contribution in [0.5, 0.6) is 0 Å². The van der Waals surface area contributed by atoms with Crippen molar-refractivity contribution in [2.45, 2.75) is 42.0 Å². The second-order valence-corrected chi connectivity index (χ2v) is 7.46. The van der Waals surface area contributed by atoms with Gasteiger partial charge in [-0.15, -0.1) is 0 Å². The Labute approximate surface area is 164 Å². The topological polar surface area (TPSA) is 63.7 Å². The zero-order valence-corrected chi connectivity index (χ0v) is 15.6. The number of likely N-dealkylation sites (N-methyl/N-ethyl adjacent to an activating group) is 1. The summed E-state index contributed by atoms with van der Waals surface area (Å²) in [6.45, 7) is 2.98. The highest BCUT2D eigenvalue weighted by Gasteiger charge is 2.92. The van der Waals surface area contributed by atoms with E-state index in [4.69, 9.17) is 0 Å². The molecule has 0 saturated heterocycles. The van der Waals surface area contributed by atoms with Crippen molar-refractivity contribution < 1.29 is 75.0 Å². The number of hydrogen-bond donors (Lipinski definition) is 0. The quantitative estimate of drug-likeness (QED) is 0.267. The average Bonchev–Trinajstić information content (AvgIpc) is 2.58.